The average molecular weight is 473 g/mol. The van der Waals surface area contributed by atoms with Crippen molar-refractivity contribution in [2.75, 3.05) is 0 Å². The molecule has 176 valence electrons. The minimum atomic E-state index is -0.104. The summed E-state index contributed by atoms with van der Waals surface area (Å²) >= 11 is 0. The Balaban J connectivity index is 1.33. The van der Waals surface area contributed by atoms with E-state index in [1.54, 1.807) is 18.2 Å². The van der Waals surface area contributed by atoms with E-state index >= 15 is 0 Å². The molecule has 0 saturated carbocycles. The topological polar surface area (TPSA) is 60.4 Å². The number of benzene rings is 2. The molecular formula is C32H24O4. The standard InChI is InChI=1S/C32H24O4/c1-19(17-26-20(2)35-28-9-5-3-7-24(28)31(26)33)21-11-13-22(14-12-21)23-15-16-30-27(18-23)32(34)25-8-4-6-10-29(25)36-30/h3-11,13,17-18H,1-2,12,14-16H2/b26-17+. The molecule has 4 heteroatoms. The van der Waals surface area contributed by atoms with Crippen molar-refractivity contribution in [1.82, 2.24) is 0 Å². The second-order valence-corrected chi connectivity index (χ2v) is 9.25. The fraction of sp³-hybridized carbons (Fsp3) is 0.125. The molecule has 0 spiro atoms. The normalized spacial score (nSPS) is 15.9. The largest absolute Gasteiger partial charge is 0.460 e. The van der Waals surface area contributed by atoms with E-state index in [0.717, 1.165) is 36.2 Å². The molecule has 2 aromatic carbocycles. The van der Waals surface area contributed by atoms with Crippen LogP contribution < -0.4 is 21.5 Å². The zero-order valence-electron chi connectivity index (χ0n) is 19.8. The van der Waals surface area contributed by atoms with Gasteiger partial charge in [-0.3, -0.25) is 9.59 Å². The number of aryl methyl sites for hydroxylation is 1. The molecule has 2 heterocycles. The van der Waals surface area contributed by atoms with E-state index < -0.39 is 0 Å². The number of fused-ring (bicyclic) bond motifs is 3. The summed E-state index contributed by atoms with van der Waals surface area (Å²) in [5, 5.41) is 1.58. The van der Waals surface area contributed by atoms with Crippen LogP contribution in [0.3, 0.4) is 0 Å². The Bertz CT molecular complexity index is 1910. The maximum atomic E-state index is 13.1. The van der Waals surface area contributed by atoms with E-state index in [4.69, 9.17) is 8.83 Å². The van der Waals surface area contributed by atoms with Crippen LogP contribution in [-0.2, 0) is 6.42 Å². The molecule has 2 aliphatic carbocycles. The lowest BCUT2D eigenvalue weighted by atomic mass is 9.85. The van der Waals surface area contributed by atoms with Crippen LogP contribution in [0.4, 0.5) is 0 Å². The molecule has 2 aliphatic rings. The van der Waals surface area contributed by atoms with Crippen molar-refractivity contribution >= 4 is 40.7 Å². The van der Waals surface area contributed by atoms with Gasteiger partial charge in [0.05, 0.1) is 21.6 Å². The first-order valence-electron chi connectivity index (χ1n) is 12.1. The third-order valence-electron chi connectivity index (χ3n) is 7.05. The molecule has 0 saturated heterocycles. The second-order valence-electron chi connectivity index (χ2n) is 9.25. The minimum absolute atomic E-state index is 0.0258. The summed E-state index contributed by atoms with van der Waals surface area (Å²) in [6, 6.07) is 14.6. The Labute approximate surface area is 207 Å². The molecule has 6 rings (SSSR count). The zero-order valence-corrected chi connectivity index (χ0v) is 19.8. The van der Waals surface area contributed by atoms with Crippen molar-refractivity contribution in [3.63, 3.8) is 0 Å². The van der Waals surface area contributed by atoms with E-state index in [-0.39, 0.29) is 10.9 Å². The van der Waals surface area contributed by atoms with E-state index in [9.17, 15) is 9.59 Å². The van der Waals surface area contributed by atoms with Gasteiger partial charge in [0.1, 0.15) is 22.3 Å². The Morgan fingerprint density at radius 3 is 2.17 bits per heavy atom. The number of hydrogen-bond donors (Lipinski definition) is 0. The molecule has 0 unspecified atom stereocenters. The van der Waals surface area contributed by atoms with E-state index in [1.165, 1.54) is 11.1 Å². The van der Waals surface area contributed by atoms with Gasteiger partial charge < -0.3 is 8.83 Å². The molecule has 0 radical (unpaired) electrons. The summed E-state index contributed by atoms with van der Waals surface area (Å²) in [5.41, 5.74) is 6.32. The molecule has 36 heavy (non-hydrogen) atoms. The van der Waals surface area contributed by atoms with Crippen LogP contribution in [0, 0.1) is 0 Å². The van der Waals surface area contributed by atoms with Gasteiger partial charge in [0.2, 0.25) is 5.43 Å². The summed E-state index contributed by atoms with van der Waals surface area (Å²) in [5.74, 6) is 0.760. The van der Waals surface area contributed by atoms with Crippen LogP contribution in [0.15, 0.2) is 108 Å². The van der Waals surface area contributed by atoms with Gasteiger partial charge in [-0.05, 0) is 78.0 Å². The van der Waals surface area contributed by atoms with Crippen LogP contribution in [-0.4, -0.2) is 0 Å². The van der Waals surface area contributed by atoms with Crippen molar-refractivity contribution in [3.05, 3.63) is 132 Å². The fourth-order valence-electron chi connectivity index (χ4n) is 5.07. The highest BCUT2D eigenvalue weighted by Crippen LogP contribution is 2.34. The summed E-state index contributed by atoms with van der Waals surface area (Å²) in [6.07, 6.45) is 11.1. The van der Waals surface area contributed by atoms with Crippen molar-refractivity contribution in [3.8, 4) is 0 Å². The monoisotopic (exact) mass is 472 g/mol. The Hall–Kier alpha value is -4.44. The first-order chi connectivity index (χ1) is 17.5. The molecule has 2 aromatic heterocycles. The molecule has 0 bridgehead atoms. The quantitative estimate of drug-likeness (QED) is 0.405. The van der Waals surface area contributed by atoms with E-state index in [0.29, 0.717) is 44.6 Å². The first-order valence-corrected chi connectivity index (χ1v) is 12.1. The Morgan fingerprint density at radius 1 is 0.778 bits per heavy atom. The maximum absolute atomic E-state index is 13.1. The SMILES string of the molecule is C=C(/C=c1\c(=C)oc2ccccc2c1=O)C1=CC=C(C2=Cc3c(oc4ccccc4c3=O)CC2)CC1. The second kappa shape index (κ2) is 8.65. The lowest BCUT2D eigenvalue weighted by molar-refractivity contribution is 0.529. The van der Waals surface area contributed by atoms with Crippen molar-refractivity contribution in [2.24, 2.45) is 0 Å². The van der Waals surface area contributed by atoms with Gasteiger partial charge >= 0.3 is 0 Å². The highest BCUT2D eigenvalue weighted by atomic mass is 16.3. The number of rotatable bonds is 3. The number of hydrogen-bond acceptors (Lipinski definition) is 4. The summed E-state index contributed by atoms with van der Waals surface area (Å²) in [7, 11) is 0. The Kier molecular flexibility index (Phi) is 5.30. The molecule has 0 N–H and O–H groups in total. The molecular weight excluding hydrogens is 448 g/mol. The van der Waals surface area contributed by atoms with Gasteiger partial charge in [-0.25, -0.2) is 0 Å². The van der Waals surface area contributed by atoms with Gasteiger partial charge in [-0.1, -0.05) is 49.6 Å². The summed E-state index contributed by atoms with van der Waals surface area (Å²) in [4.78, 5) is 26.1. The van der Waals surface area contributed by atoms with Gasteiger partial charge in [-0.2, -0.15) is 0 Å². The van der Waals surface area contributed by atoms with Crippen LogP contribution in [0.1, 0.15) is 30.6 Å². The lowest BCUT2D eigenvalue weighted by Gasteiger charge is -2.21. The van der Waals surface area contributed by atoms with Crippen molar-refractivity contribution in [1.29, 1.82) is 0 Å². The van der Waals surface area contributed by atoms with E-state index in [2.05, 4.69) is 25.3 Å². The Morgan fingerprint density at radius 2 is 1.44 bits per heavy atom. The van der Waals surface area contributed by atoms with Gasteiger partial charge in [0.15, 0.2) is 5.43 Å². The predicted molar refractivity (Wildman–Crippen MR) is 145 cm³/mol. The van der Waals surface area contributed by atoms with Gasteiger partial charge in [0.25, 0.3) is 0 Å². The molecule has 0 aliphatic heterocycles. The summed E-state index contributed by atoms with van der Waals surface area (Å²) in [6.45, 7) is 8.15. The van der Waals surface area contributed by atoms with Gasteiger partial charge in [-0.15, -0.1) is 0 Å². The van der Waals surface area contributed by atoms with Gasteiger partial charge in [0, 0.05) is 6.42 Å². The van der Waals surface area contributed by atoms with Crippen LogP contribution in [0.25, 0.3) is 40.7 Å². The molecule has 0 amide bonds. The minimum Gasteiger partial charge on any atom is -0.460 e. The van der Waals surface area contributed by atoms with E-state index in [1.807, 2.05) is 42.5 Å². The molecule has 0 fully saturated rings. The smallest absolute Gasteiger partial charge is 0.200 e. The maximum Gasteiger partial charge on any atom is 0.200 e. The molecule has 4 nitrogen and oxygen atoms in total. The first kappa shape index (κ1) is 22.1. The van der Waals surface area contributed by atoms with Crippen LogP contribution >= 0.6 is 0 Å². The predicted octanol–water partition coefficient (Wildman–Crippen LogP) is 5.32. The van der Waals surface area contributed by atoms with Crippen LogP contribution in [0.2, 0.25) is 0 Å². The highest BCUT2D eigenvalue weighted by Gasteiger charge is 2.21. The lowest BCUT2D eigenvalue weighted by Crippen LogP contribution is -2.38. The molecule has 4 aromatic rings. The fourth-order valence-corrected chi connectivity index (χ4v) is 5.07. The third-order valence-corrected chi connectivity index (χ3v) is 7.05. The molecule has 0 atom stereocenters. The van der Waals surface area contributed by atoms with Crippen LogP contribution in [0.5, 0.6) is 0 Å². The zero-order chi connectivity index (χ0) is 24.8. The van der Waals surface area contributed by atoms with Crippen molar-refractivity contribution < 1.29 is 8.83 Å². The highest BCUT2D eigenvalue weighted by molar-refractivity contribution is 5.80. The third kappa shape index (κ3) is 3.72. The number of para-hydroxylation sites is 2. The number of allylic oxidation sites excluding steroid dienone is 6. The van der Waals surface area contributed by atoms with Crippen molar-refractivity contribution in [2.45, 2.75) is 25.7 Å². The summed E-state index contributed by atoms with van der Waals surface area (Å²) < 4.78 is 11.8. The average Bonchev–Trinajstić information content (AvgIpc) is 2.91.